The van der Waals surface area contributed by atoms with E-state index in [-0.39, 0.29) is 0 Å². The molecule has 0 aliphatic rings. The van der Waals surface area contributed by atoms with Gasteiger partial charge in [-0.3, -0.25) is 9.08 Å². The number of aryl methyl sites for hydroxylation is 1. The van der Waals surface area contributed by atoms with E-state index in [1.807, 2.05) is 35.8 Å². The number of hydrogen-bond donors (Lipinski definition) is 1. The van der Waals surface area contributed by atoms with E-state index in [4.69, 9.17) is 0 Å². The first kappa shape index (κ1) is 12.7. The quantitative estimate of drug-likeness (QED) is 0.606. The summed E-state index contributed by atoms with van der Waals surface area (Å²) in [5, 5.41) is 16.8. The zero-order valence-corrected chi connectivity index (χ0v) is 12.0. The monoisotopic (exact) mass is 294 g/mol. The van der Waals surface area contributed by atoms with E-state index in [9.17, 15) is 0 Å². The molecule has 4 aromatic rings. The molecule has 0 bridgehead atoms. The van der Waals surface area contributed by atoms with E-state index >= 15 is 0 Å². The van der Waals surface area contributed by atoms with Gasteiger partial charge in [0, 0.05) is 26.2 Å². The second-order valence-corrected chi connectivity index (χ2v) is 4.95. The molecule has 8 heteroatoms. The lowest BCUT2D eigenvalue weighted by atomic mass is 10.3. The number of hydrogen-bond acceptors (Lipinski definition) is 6. The third-order valence-corrected chi connectivity index (χ3v) is 3.55. The number of pyridine rings is 1. The number of rotatable bonds is 4. The number of nitrogens with zero attached hydrogens (tertiary/aromatic N) is 7. The van der Waals surface area contributed by atoms with Crippen molar-refractivity contribution in [3.8, 4) is 0 Å². The van der Waals surface area contributed by atoms with E-state index < -0.39 is 0 Å². The first-order chi connectivity index (χ1) is 10.8. The van der Waals surface area contributed by atoms with Gasteiger partial charge in [0.1, 0.15) is 18.0 Å². The van der Waals surface area contributed by atoms with Crippen LogP contribution in [0.1, 0.15) is 5.82 Å². The molecule has 4 aromatic heterocycles. The van der Waals surface area contributed by atoms with Crippen LogP contribution in [0.4, 0.5) is 5.82 Å². The van der Waals surface area contributed by atoms with E-state index in [0.717, 1.165) is 34.7 Å². The van der Waals surface area contributed by atoms with E-state index in [1.54, 1.807) is 17.2 Å². The van der Waals surface area contributed by atoms with Gasteiger partial charge in [0.15, 0.2) is 11.3 Å². The lowest BCUT2D eigenvalue weighted by Gasteiger charge is -2.05. The molecule has 22 heavy (non-hydrogen) atoms. The van der Waals surface area contributed by atoms with Crippen molar-refractivity contribution in [3.63, 3.8) is 0 Å². The normalized spacial score (nSPS) is 11.3. The van der Waals surface area contributed by atoms with Gasteiger partial charge in [0.2, 0.25) is 0 Å². The molecule has 0 saturated heterocycles. The summed E-state index contributed by atoms with van der Waals surface area (Å²) in [6.07, 6.45) is 6.02. The van der Waals surface area contributed by atoms with Gasteiger partial charge in [-0.25, -0.2) is 9.97 Å². The average Bonchev–Trinajstić information content (AvgIpc) is 3.13. The summed E-state index contributed by atoms with van der Waals surface area (Å²) in [6.45, 7) is 0.705. The molecule has 0 spiro atoms. The van der Waals surface area contributed by atoms with Crippen molar-refractivity contribution < 1.29 is 0 Å². The Hall–Kier alpha value is -3.03. The summed E-state index contributed by atoms with van der Waals surface area (Å²) < 4.78 is 3.72. The Kier molecular flexibility index (Phi) is 2.92. The van der Waals surface area contributed by atoms with Gasteiger partial charge in [-0.1, -0.05) is 6.07 Å². The fourth-order valence-corrected chi connectivity index (χ4v) is 2.46. The zero-order chi connectivity index (χ0) is 14.9. The molecule has 0 atom stereocenters. The zero-order valence-electron chi connectivity index (χ0n) is 12.0. The van der Waals surface area contributed by atoms with Gasteiger partial charge in [-0.15, -0.1) is 10.2 Å². The molecule has 4 heterocycles. The molecule has 0 fully saturated rings. The van der Waals surface area contributed by atoms with Gasteiger partial charge < -0.3 is 5.32 Å². The van der Waals surface area contributed by atoms with Crippen molar-refractivity contribution in [3.05, 3.63) is 42.7 Å². The van der Waals surface area contributed by atoms with Crippen molar-refractivity contribution in [1.29, 1.82) is 0 Å². The lowest BCUT2D eigenvalue weighted by Crippen LogP contribution is -2.09. The fourth-order valence-electron chi connectivity index (χ4n) is 2.46. The van der Waals surface area contributed by atoms with Gasteiger partial charge >= 0.3 is 0 Å². The maximum atomic E-state index is 4.28. The van der Waals surface area contributed by atoms with E-state index in [1.165, 1.54) is 0 Å². The molecule has 0 aromatic carbocycles. The Balaban J connectivity index is 1.53. The molecule has 0 radical (unpaired) electrons. The van der Waals surface area contributed by atoms with Crippen LogP contribution in [0.25, 0.3) is 16.7 Å². The summed E-state index contributed by atoms with van der Waals surface area (Å²) in [4.78, 5) is 8.51. The van der Waals surface area contributed by atoms with Crippen LogP contribution in [0.5, 0.6) is 0 Å². The molecule has 110 valence electrons. The second kappa shape index (κ2) is 5.06. The SMILES string of the molecule is Cn1ncc2c(NCCc3nnc4ccccn34)ncnc21. The lowest BCUT2D eigenvalue weighted by molar-refractivity contribution is 0.785. The molecule has 0 amide bonds. The van der Waals surface area contributed by atoms with Crippen LogP contribution < -0.4 is 5.32 Å². The van der Waals surface area contributed by atoms with Crippen LogP contribution >= 0.6 is 0 Å². The predicted octanol–water partition coefficient (Wildman–Crippen LogP) is 1.06. The van der Waals surface area contributed by atoms with Crippen LogP contribution in [-0.2, 0) is 13.5 Å². The van der Waals surface area contributed by atoms with Crippen molar-refractivity contribution in [2.45, 2.75) is 6.42 Å². The Morgan fingerprint density at radius 1 is 1.18 bits per heavy atom. The highest BCUT2D eigenvalue weighted by Crippen LogP contribution is 2.17. The van der Waals surface area contributed by atoms with E-state index in [2.05, 4.69) is 30.6 Å². The first-order valence-corrected chi connectivity index (χ1v) is 6.98. The largest absolute Gasteiger partial charge is 0.369 e. The summed E-state index contributed by atoms with van der Waals surface area (Å²) in [6, 6.07) is 5.86. The molecule has 0 unspecified atom stereocenters. The van der Waals surface area contributed by atoms with Crippen LogP contribution in [0.15, 0.2) is 36.9 Å². The molecule has 4 rings (SSSR count). The van der Waals surface area contributed by atoms with Crippen molar-refractivity contribution in [2.24, 2.45) is 7.05 Å². The highest BCUT2D eigenvalue weighted by Gasteiger charge is 2.08. The van der Waals surface area contributed by atoms with Crippen LogP contribution in [0.2, 0.25) is 0 Å². The minimum absolute atomic E-state index is 0.705. The Morgan fingerprint density at radius 3 is 3.09 bits per heavy atom. The summed E-state index contributed by atoms with van der Waals surface area (Å²) in [7, 11) is 1.86. The maximum Gasteiger partial charge on any atom is 0.163 e. The summed E-state index contributed by atoms with van der Waals surface area (Å²) in [5.74, 6) is 1.70. The minimum Gasteiger partial charge on any atom is -0.369 e. The average molecular weight is 294 g/mol. The van der Waals surface area contributed by atoms with Crippen LogP contribution in [0, 0.1) is 0 Å². The molecular weight excluding hydrogens is 280 g/mol. The Labute approximate surface area is 125 Å². The van der Waals surface area contributed by atoms with Gasteiger partial charge in [-0.05, 0) is 12.1 Å². The van der Waals surface area contributed by atoms with Gasteiger partial charge in [-0.2, -0.15) is 5.10 Å². The van der Waals surface area contributed by atoms with Crippen LogP contribution in [0.3, 0.4) is 0 Å². The highest BCUT2D eigenvalue weighted by atomic mass is 15.3. The number of nitrogens with one attached hydrogen (secondary N) is 1. The molecule has 0 aliphatic carbocycles. The Bertz CT molecular complexity index is 938. The van der Waals surface area contributed by atoms with Crippen LogP contribution in [-0.4, -0.2) is 40.9 Å². The summed E-state index contributed by atoms with van der Waals surface area (Å²) >= 11 is 0. The topological polar surface area (TPSA) is 85.8 Å². The molecule has 0 saturated carbocycles. The first-order valence-electron chi connectivity index (χ1n) is 6.98. The Morgan fingerprint density at radius 2 is 2.14 bits per heavy atom. The molecule has 0 aliphatic heterocycles. The third kappa shape index (κ3) is 2.05. The highest BCUT2D eigenvalue weighted by molar-refractivity contribution is 5.85. The van der Waals surface area contributed by atoms with Crippen molar-refractivity contribution in [2.75, 3.05) is 11.9 Å². The van der Waals surface area contributed by atoms with E-state index in [0.29, 0.717) is 6.54 Å². The molecule has 8 nitrogen and oxygen atoms in total. The van der Waals surface area contributed by atoms with Gasteiger partial charge in [0.25, 0.3) is 0 Å². The van der Waals surface area contributed by atoms with Crippen molar-refractivity contribution >= 4 is 22.5 Å². The smallest absolute Gasteiger partial charge is 0.163 e. The second-order valence-electron chi connectivity index (χ2n) is 4.95. The summed E-state index contributed by atoms with van der Waals surface area (Å²) in [5.41, 5.74) is 1.67. The molecular formula is C14H14N8. The number of anilines is 1. The number of fused-ring (bicyclic) bond motifs is 2. The fraction of sp³-hybridized carbons (Fsp3) is 0.214. The molecule has 1 N–H and O–H groups in total. The van der Waals surface area contributed by atoms with Crippen molar-refractivity contribution in [1.82, 2.24) is 34.3 Å². The third-order valence-electron chi connectivity index (χ3n) is 3.55. The standard InChI is InChI=1S/C14H14N8/c1-21-14-10(8-18-21)13(16-9-17-14)15-6-5-12-20-19-11-4-2-3-7-22(11)12/h2-4,7-9H,5-6H2,1H3,(H,15,16,17). The minimum atomic E-state index is 0.705. The predicted molar refractivity (Wildman–Crippen MR) is 81.5 cm³/mol. The van der Waals surface area contributed by atoms with Gasteiger partial charge in [0.05, 0.1) is 11.6 Å². The maximum absolute atomic E-state index is 4.28. The number of aromatic nitrogens is 7.